The Balaban J connectivity index is 1.90. The van der Waals surface area contributed by atoms with Crippen LogP contribution in [0, 0.1) is 0 Å². The summed E-state index contributed by atoms with van der Waals surface area (Å²) in [5.74, 6) is -2.25. The molecule has 2 aromatic rings. The molecule has 0 radical (unpaired) electrons. The Morgan fingerprint density at radius 2 is 1.81 bits per heavy atom. The van der Waals surface area contributed by atoms with Crippen molar-refractivity contribution in [2.75, 3.05) is 18.5 Å². The molecule has 3 N–H and O–H groups in total. The summed E-state index contributed by atoms with van der Waals surface area (Å²) in [6.45, 7) is 1.68. The molecule has 0 aliphatic carbocycles. The Bertz CT molecular complexity index is 993. The molecule has 0 saturated heterocycles. The first-order valence-electron chi connectivity index (χ1n) is 9.51. The number of rotatable bonds is 8. The van der Waals surface area contributed by atoms with Gasteiger partial charge in [-0.3, -0.25) is 14.4 Å². The number of benzene rings is 2. The van der Waals surface area contributed by atoms with Crippen molar-refractivity contribution in [3.8, 4) is 5.75 Å². The van der Waals surface area contributed by atoms with Crippen LogP contribution < -0.4 is 20.8 Å². The predicted molar refractivity (Wildman–Crippen MR) is 111 cm³/mol. The van der Waals surface area contributed by atoms with E-state index in [0.29, 0.717) is 18.5 Å². The summed E-state index contributed by atoms with van der Waals surface area (Å²) in [5, 5.41) is 8.25. The Morgan fingerprint density at radius 3 is 2.53 bits per heavy atom. The lowest BCUT2D eigenvalue weighted by Gasteiger charge is -2.13. The number of anilines is 1. The standard InChI is InChI=1S/C21H21F3N4O4/c1-2-10-25-19(30)20(31)28-26-12-14-6-5-7-15(11-14)32-13-18(29)27-17-9-4-3-8-16(17)21(22,23)24/h3-9,11-12H,2,10,13H2,1H3,(H,25,30)(H,27,29)(H,28,31)/b26-12-. The molecular weight excluding hydrogens is 429 g/mol. The average molecular weight is 450 g/mol. The predicted octanol–water partition coefficient (Wildman–Crippen LogP) is 2.70. The first kappa shape index (κ1) is 24.4. The van der Waals surface area contributed by atoms with E-state index in [2.05, 4.69) is 21.2 Å². The van der Waals surface area contributed by atoms with Gasteiger partial charge in [-0.15, -0.1) is 0 Å². The van der Waals surface area contributed by atoms with Crippen molar-refractivity contribution in [1.29, 1.82) is 0 Å². The summed E-state index contributed by atoms with van der Waals surface area (Å²) in [4.78, 5) is 35.0. The molecule has 0 atom stereocenters. The van der Waals surface area contributed by atoms with E-state index in [0.717, 1.165) is 12.1 Å². The molecule has 0 bridgehead atoms. The van der Waals surface area contributed by atoms with Crippen LogP contribution in [0.2, 0.25) is 0 Å². The fourth-order valence-corrected chi connectivity index (χ4v) is 2.39. The summed E-state index contributed by atoms with van der Waals surface area (Å²) >= 11 is 0. The molecule has 0 saturated carbocycles. The molecule has 11 heteroatoms. The fraction of sp³-hybridized carbons (Fsp3) is 0.238. The van der Waals surface area contributed by atoms with E-state index in [1.165, 1.54) is 30.5 Å². The number of carbonyl (C=O) groups is 3. The lowest BCUT2D eigenvalue weighted by Crippen LogP contribution is -2.38. The molecule has 8 nitrogen and oxygen atoms in total. The maximum absolute atomic E-state index is 13.0. The van der Waals surface area contributed by atoms with Gasteiger partial charge >= 0.3 is 18.0 Å². The molecule has 2 aromatic carbocycles. The van der Waals surface area contributed by atoms with Crippen molar-refractivity contribution in [2.24, 2.45) is 5.10 Å². The van der Waals surface area contributed by atoms with Crippen LogP contribution in [-0.2, 0) is 20.6 Å². The largest absolute Gasteiger partial charge is 0.484 e. The molecule has 32 heavy (non-hydrogen) atoms. The third kappa shape index (κ3) is 7.74. The SMILES string of the molecule is CCCNC(=O)C(=O)N/N=C\c1cccc(OCC(=O)Nc2ccccc2C(F)(F)F)c1. The van der Waals surface area contributed by atoms with Crippen LogP contribution >= 0.6 is 0 Å². The summed E-state index contributed by atoms with van der Waals surface area (Å²) in [6.07, 6.45) is -2.66. The van der Waals surface area contributed by atoms with E-state index in [9.17, 15) is 27.6 Å². The number of hydrogen-bond acceptors (Lipinski definition) is 5. The molecule has 2 rings (SSSR count). The van der Waals surface area contributed by atoms with E-state index in [4.69, 9.17) is 4.74 Å². The minimum absolute atomic E-state index is 0.250. The van der Waals surface area contributed by atoms with Crippen LogP contribution in [0.4, 0.5) is 18.9 Å². The van der Waals surface area contributed by atoms with Gasteiger partial charge in [-0.2, -0.15) is 18.3 Å². The highest BCUT2D eigenvalue weighted by atomic mass is 19.4. The Hall–Kier alpha value is -3.89. The number of para-hydroxylation sites is 1. The molecule has 0 aromatic heterocycles. The molecule has 3 amide bonds. The molecule has 0 fully saturated rings. The van der Waals surface area contributed by atoms with Crippen LogP contribution in [0.1, 0.15) is 24.5 Å². The third-order valence-corrected chi connectivity index (χ3v) is 3.86. The third-order valence-electron chi connectivity index (χ3n) is 3.86. The van der Waals surface area contributed by atoms with E-state index >= 15 is 0 Å². The zero-order valence-corrected chi connectivity index (χ0v) is 17.0. The van der Waals surface area contributed by atoms with Gasteiger partial charge in [0.15, 0.2) is 6.61 Å². The number of nitrogens with one attached hydrogen (secondary N) is 3. The monoisotopic (exact) mass is 450 g/mol. The zero-order chi connectivity index (χ0) is 23.6. The minimum Gasteiger partial charge on any atom is -0.484 e. The van der Waals surface area contributed by atoms with Crippen molar-refractivity contribution in [1.82, 2.24) is 10.7 Å². The molecule has 170 valence electrons. The van der Waals surface area contributed by atoms with Gasteiger partial charge in [0, 0.05) is 6.54 Å². The number of carbonyl (C=O) groups excluding carboxylic acids is 3. The van der Waals surface area contributed by atoms with Crippen molar-refractivity contribution >= 4 is 29.6 Å². The number of amides is 3. The second kappa shape index (κ2) is 11.5. The number of alkyl halides is 3. The summed E-state index contributed by atoms with van der Waals surface area (Å²) in [6, 6.07) is 10.8. The summed E-state index contributed by atoms with van der Waals surface area (Å²) in [5.41, 5.74) is 1.23. The molecular formula is C21H21F3N4O4. The van der Waals surface area contributed by atoms with Crippen molar-refractivity contribution in [3.63, 3.8) is 0 Å². The lowest BCUT2D eigenvalue weighted by molar-refractivity contribution is -0.139. The highest BCUT2D eigenvalue weighted by molar-refractivity contribution is 6.35. The Morgan fingerprint density at radius 1 is 1.06 bits per heavy atom. The quantitative estimate of drug-likeness (QED) is 0.326. The fourth-order valence-electron chi connectivity index (χ4n) is 2.39. The molecule has 0 spiro atoms. The number of nitrogens with zero attached hydrogens (tertiary/aromatic N) is 1. The summed E-state index contributed by atoms with van der Waals surface area (Å²) in [7, 11) is 0. The molecule has 0 aliphatic heterocycles. The van der Waals surface area contributed by atoms with E-state index in [1.54, 1.807) is 12.1 Å². The van der Waals surface area contributed by atoms with Crippen LogP contribution in [0.15, 0.2) is 53.6 Å². The topological polar surface area (TPSA) is 109 Å². The van der Waals surface area contributed by atoms with Crippen LogP contribution in [0.5, 0.6) is 5.75 Å². The average Bonchev–Trinajstić information content (AvgIpc) is 2.76. The smallest absolute Gasteiger partial charge is 0.418 e. The van der Waals surface area contributed by atoms with Gasteiger partial charge in [0.05, 0.1) is 17.5 Å². The van der Waals surface area contributed by atoms with Gasteiger partial charge in [0.2, 0.25) is 0 Å². The van der Waals surface area contributed by atoms with Gasteiger partial charge in [0.25, 0.3) is 5.91 Å². The van der Waals surface area contributed by atoms with Crippen LogP contribution in [-0.4, -0.2) is 37.1 Å². The van der Waals surface area contributed by atoms with Gasteiger partial charge in [-0.25, -0.2) is 5.43 Å². The van der Waals surface area contributed by atoms with E-state index in [-0.39, 0.29) is 11.4 Å². The van der Waals surface area contributed by atoms with Crippen molar-refractivity contribution < 1.29 is 32.3 Å². The van der Waals surface area contributed by atoms with E-state index < -0.39 is 36.1 Å². The lowest BCUT2D eigenvalue weighted by atomic mass is 10.1. The second-order valence-corrected chi connectivity index (χ2v) is 6.41. The van der Waals surface area contributed by atoms with Gasteiger partial charge in [0.1, 0.15) is 5.75 Å². The Kier molecular flexibility index (Phi) is 8.75. The number of hydrazone groups is 1. The van der Waals surface area contributed by atoms with Gasteiger partial charge in [-0.1, -0.05) is 31.2 Å². The van der Waals surface area contributed by atoms with Crippen molar-refractivity contribution in [2.45, 2.75) is 19.5 Å². The first-order chi connectivity index (χ1) is 15.2. The normalized spacial score (nSPS) is 11.1. The highest BCUT2D eigenvalue weighted by Crippen LogP contribution is 2.34. The summed E-state index contributed by atoms with van der Waals surface area (Å²) < 4.78 is 44.3. The number of halogens is 3. The van der Waals surface area contributed by atoms with Gasteiger partial charge in [-0.05, 0) is 36.2 Å². The second-order valence-electron chi connectivity index (χ2n) is 6.41. The number of hydrogen-bond donors (Lipinski definition) is 3. The Labute approximate surface area is 181 Å². The van der Waals surface area contributed by atoms with Crippen LogP contribution in [0.3, 0.4) is 0 Å². The maximum atomic E-state index is 13.0. The van der Waals surface area contributed by atoms with Crippen LogP contribution in [0.25, 0.3) is 0 Å². The van der Waals surface area contributed by atoms with E-state index in [1.807, 2.05) is 6.92 Å². The maximum Gasteiger partial charge on any atom is 0.418 e. The zero-order valence-electron chi connectivity index (χ0n) is 17.0. The molecule has 0 unspecified atom stereocenters. The van der Waals surface area contributed by atoms with Crippen molar-refractivity contribution in [3.05, 3.63) is 59.7 Å². The molecule has 0 aliphatic rings. The first-order valence-corrected chi connectivity index (χ1v) is 9.51. The van der Waals surface area contributed by atoms with Gasteiger partial charge < -0.3 is 15.4 Å². The highest BCUT2D eigenvalue weighted by Gasteiger charge is 2.33. The molecule has 0 heterocycles. The minimum atomic E-state index is -4.61. The number of ether oxygens (including phenoxy) is 1.